The van der Waals surface area contributed by atoms with E-state index < -0.39 is 0 Å². The van der Waals surface area contributed by atoms with Gasteiger partial charge < -0.3 is 0 Å². The molecular formula is C14H20FN. The minimum Gasteiger partial charge on any atom is -0.207 e. The van der Waals surface area contributed by atoms with Crippen molar-refractivity contribution < 1.29 is 4.39 Å². The van der Waals surface area contributed by atoms with Crippen molar-refractivity contribution in [3.8, 4) is 6.07 Å². The van der Waals surface area contributed by atoms with Crippen LogP contribution in [0.15, 0.2) is 12.1 Å². The fourth-order valence-corrected chi connectivity index (χ4v) is 1.62. The minimum absolute atomic E-state index is 0. The van der Waals surface area contributed by atoms with E-state index in [2.05, 4.69) is 0 Å². The molecule has 0 aromatic heterocycles. The standard InChI is InChI=1S/C13H16FN.CH4/c1-8(2)11-6-12(9(3)4)13(14)5-10(11)7-15;/h5-6,8-9H,1-4H3;1H4. The van der Waals surface area contributed by atoms with Gasteiger partial charge in [-0.3, -0.25) is 0 Å². The fourth-order valence-electron chi connectivity index (χ4n) is 1.62. The number of benzene rings is 1. The smallest absolute Gasteiger partial charge is 0.127 e. The number of hydrogen-bond donors (Lipinski definition) is 0. The first-order valence-electron chi connectivity index (χ1n) is 5.20. The van der Waals surface area contributed by atoms with E-state index in [4.69, 9.17) is 5.26 Å². The zero-order chi connectivity index (χ0) is 11.6. The van der Waals surface area contributed by atoms with Gasteiger partial charge in [-0.2, -0.15) is 5.26 Å². The molecule has 1 nitrogen and oxygen atoms in total. The van der Waals surface area contributed by atoms with Gasteiger partial charge >= 0.3 is 0 Å². The van der Waals surface area contributed by atoms with Crippen LogP contribution in [-0.4, -0.2) is 0 Å². The van der Waals surface area contributed by atoms with Crippen LogP contribution in [0.25, 0.3) is 0 Å². The van der Waals surface area contributed by atoms with Crippen LogP contribution in [0.5, 0.6) is 0 Å². The van der Waals surface area contributed by atoms with Crippen molar-refractivity contribution in [3.05, 3.63) is 34.6 Å². The third-order valence-electron chi connectivity index (χ3n) is 2.53. The summed E-state index contributed by atoms with van der Waals surface area (Å²) in [6, 6.07) is 5.22. The van der Waals surface area contributed by atoms with E-state index in [-0.39, 0.29) is 25.1 Å². The summed E-state index contributed by atoms with van der Waals surface area (Å²) in [6.07, 6.45) is 0. The normalized spacial score (nSPS) is 10.1. The number of rotatable bonds is 2. The molecule has 0 saturated heterocycles. The summed E-state index contributed by atoms with van der Waals surface area (Å²) < 4.78 is 13.6. The largest absolute Gasteiger partial charge is 0.207 e. The van der Waals surface area contributed by atoms with Crippen molar-refractivity contribution in [2.24, 2.45) is 0 Å². The number of nitriles is 1. The van der Waals surface area contributed by atoms with Gasteiger partial charge in [0.2, 0.25) is 0 Å². The van der Waals surface area contributed by atoms with Crippen molar-refractivity contribution in [1.29, 1.82) is 5.26 Å². The molecule has 0 amide bonds. The van der Waals surface area contributed by atoms with Crippen molar-refractivity contribution in [1.82, 2.24) is 0 Å². The van der Waals surface area contributed by atoms with Crippen LogP contribution in [0.4, 0.5) is 4.39 Å². The summed E-state index contributed by atoms with van der Waals surface area (Å²) in [4.78, 5) is 0. The Kier molecular flexibility index (Phi) is 5.17. The molecule has 0 saturated carbocycles. The molecule has 0 N–H and O–H groups in total. The third-order valence-corrected chi connectivity index (χ3v) is 2.53. The number of hydrogen-bond acceptors (Lipinski definition) is 1. The maximum atomic E-state index is 13.6. The monoisotopic (exact) mass is 221 g/mol. The van der Waals surface area contributed by atoms with Crippen LogP contribution >= 0.6 is 0 Å². The second-order valence-corrected chi connectivity index (χ2v) is 4.38. The molecular weight excluding hydrogens is 201 g/mol. The lowest BCUT2D eigenvalue weighted by atomic mass is 9.91. The van der Waals surface area contributed by atoms with Crippen LogP contribution in [0, 0.1) is 17.1 Å². The van der Waals surface area contributed by atoms with Crippen molar-refractivity contribution >= 4 is 0 Å². The van der Waals surface area contributed by atoms with Crippen LogP contribution in [0.2, 0.25) is 0 Å². The fraction of sp³-hybridized carbons (Fsp3) is 0.500. The van der Waals surface area contributed by atoms with Crippen molar-refractivity contribution in [2.45, 2.75) is 47.0 Å². The second kappa shape index (κ2) is 5.65. The Labute approximate surface area is 97.9 Å². The molecule has 0 radical (unpaired) electrons. The molecule has 0 unspecified atom stereocenters. The van der Waals surface area contributed by atoms with E-state index in [1.807, 2.05) is 39.8 Å². The Morgan fingerprint density at radius 1 is 1.06 bits per heavy atom. The molecule has 2 heteroatoms. The topological polar surface area (TPSA) is 23.8 Å². The highest BCUT2D eigenvalue weighted by Crippen LogP contribution is 2.26. The molecule has 0 heterocycles. The zero-order valence-electron chi connectivity index (χ0n) is 9.63. The molecule has 0 aliphatic carbocycles. The quantitative estimate of drug-likeness (QED) is 0.717. The lowest BCUT2D eigenvalue weighted by Crippen LogP contribution is -2.00. The van der Waals surface area contributed by atoms with E-state index in [0.717, 1.165) is 5.56 Å². The predicted octanol–water partition coefficient (Wildman–Crippen LogP) is 4.58. The predicted molar refractivity (Wildman–Crippen MR) is 66.0 cm³/mol. The highest BCUT2D eigenvalue weighted by atomic mass is 19.1. The average Bonchev–Trinajstić information content (AvgIpc) is 2.16. The summed E-state index contributed by atoms with van der Waals surface area (Å²) in [7, 11) is 0. The Balaban J connectivity index is 0.00000225. The summed E-state index contributed by atoms with van der Waals surface area (Å²) in [5, 5.41) is 8.90. The van der Waals surface area contributed by atoms with E-state index in [0.29, 0.717) is 11.1 Å². The first kappa shape index (κ1) is 14.6. The Bertz CT molecular complexity index is 400. The van der Waals surface area contributed by atoms with Gasteiger partial charge in [0.15, 0.2) is 0 Å². The van der Waals surface area contributed by atoms with Crippen molar-refractivity contribution in [3.63, 3.8) is 0 Å². The molecule has 0 bridgehead atoms. The van der Waals surface area contributed by atoms with E-state index in [9.17, 15) is 4.39 Å². The van der Waals surface area contributed by atoms with Crippen LogP contribution in [-0.2, 0) is 0 Å². The minimum atomic E-state index is -0.272. The van der Waals surface area contributed by atoms with E-state index in [1.165, 1.54) is 6.07 Å². The van der Waals surface area contributed by atoms with Gasteiger partial charge in [-0.1, -0.05) is 41.2 Å². The van der Waals surface area contributed by atoms with Gasteiger partial charge in [0.25, 0.3) is 0 Å². The maximum absolute atomic E-state index is 13.6. The van der Waals surface area contributed by atoms with Gasteiger partial charge in [-0.05, 0) is 29.0 Å². The summed E-state index contributed by atoms with van der Waals surface area (Å²) >= 11 is 0. The molecule has 0 spiro atoms. The highest BCUT2D eigenvalue weighted by molar-refractivity contribution is 5.43. The van der Waals surface area contributed by atoms with Gasteiger partial charge in [0.1, 0.15) is 5.82 Å². The molecule has 0 aliphatic heterocycles. The Morgan fingerprint density at radius 3 is 1.94 bits per heavy atom. The average molecular weight is 221 g/mol. The molecule has 16 heavy (non-hydrogen) atoms. The lowest BCUT2D eigenvalue weighted by molar-refractivity contribution is 0.595. The molecule has 1 aromatic carbocycles. The maximum Gasteiger partial charge on any atom is 0.127 e. The SMILES string of the molecule is C.CC(C)c1cc(C(C)C)c(C#N)cc1F. The van der Waals surface area contributed by atoms with Gasteiger partial charge in [0, 0.05) is 0 Å². The summed E-state index contributed by atoms with van der Waals surface area (Å²) in [6.45, 7) is 7.93. The molecule has 1 aromatic rings. The summed E-state index contributed by atoms with van der Waals surface area (Å²) in [5.74, 6) is 0.124. The van der Waals surface area contributed by atoms with Crippen LogP contribution in [0.1, 0.15) is 63.6 Å². The molecule has 88 valence electrons. The Morgan fingerprint density at radius 2 is 1.56 bits per heavy atom. The molecule has 0 atom stereocenters. The van der Waals surface area contributed by atoms with Gasteiger partial charge in [-0.25, -0.2) is 4.39 Å². The first-order chi connectivity index (χ1) is 6.97. The highest BCUT2D eigenvalue weighted by Gasteiger charge is 2.14. The molecule has 0 fully saturated rings. The molecule has 0 aliphatic rings. The Hall–Kier alpha value is -1.36. The zero-order valence-corrected chi connectivity index (χ0v) is 9.63. The van der Waals surface area contributed by atoms with Gasteiger partial charge in [-0.15, -0.1) is 0 Å². The lowest BCUT2D eigenvalue weighted by Gasteiger charge is -2.13. The van der Waals surface area contributed by atoms with Crippen LogP contribution < -0.4 is 0 Å². The number of halogens is 1. The number of nitrogens with zero attached hydrogens (tertiary/aromatic N) is 1. The third kappa shape index (κ3) is 2.82. The van der Waals surface area contributed by atoms with Gasteiger partial charge in [0.05, 0.1) is 11.6 Å². The van der Waals surface area contributed by atoms with Crippen LogP contribution in [0.3, 0.4) is 0 Å². The van der Waals surface area contributed by atoms with Crippen molar-refractivity contribution in [2.75, 3.05) is 0 Å². The van der Waals surface area contributed by atoms with E-state index in [1.54, 1.807) is 0 Å². The van der Waals surface area contributed by atoms with E-state index >= 15 is 0 Å². The first-order valence-corrected chi connectivity index (χ1v) is 5.20. The second-order valence-electron chi connectivity index (χ2n) is 4.38. The molecule has 1 rings (SSSR count). The summed E-state index contributed by atoms with van der Waals surface area (Å²) in [5.41, 5.74) is 2.08.